The maximum atomic E-state index is 10.5. The molecule has 0 saturated heterocycles. The molecule has 0 aromatic carbocycles. The summed E-state index contributed by atoms with van der Waals surface area (Å²) in [6, 6.07) is -2.48. The van der Waals surface area contributed by atoms with Gasteiger partial charge in [0, 0.05) is 11.3 Å². The monoisotopic (exact) mass is 219 g/mol. The lowest BCUT2D eigenvalue weighted by atomic mass is 10.1. The van der Waals surface area contributed by atoms with E-state index in [2.05, 4.69) is 5.32 Å². The standard InChI is InChI=1S/C6H13N5O4/c7-4(5(12)13)1-3(11(14)15)2-10-6(8)9/h3-4H,1-2,7H2,(H,12,13)(H4,8,9,10). The van der Waals surface area contributed by atoms with Crippen LogP contribution in [0.2, 0.25) is 0 Å². The lowest BCUT2D eigenvalue weighted by Crippen LogP contribution is -2.44. The van der Waals surface area contributed by atoms with Crippen LogP contribution in [0.5, 0.6) is 0 Å². The number of aliphatic carboxylic acids is 1. The van der Waals surface area contributed by atoms with E-state index in [0.29, 0.717) is 0 Å². The maximum Gasteiger partial charge on any atom is 0.320 e. The fourth-order valence-corrected chi connectivity index (χ4v) is 0.866. The second-order valence-corrected chi connectivity index (χ2v) is 2.91. The molecular formula is C6H13N5O4. The average molecular weight is 219 g/mol. The first-order valence-corrected chi connectivity index (χ1v) is 4.04. The Morgan fingerprint density at radius 2 is 2.20 bits per heavy atom. The highest BCUT2D eigenvalue weighted by Crippen LogP contribution is 1.99. The summed E-state index contributed by atoms with van der Waals surface area (Å²) in [5.41, 5.74) is 10.1. The second-order valence-electron chi connectivity index (χ2n) is 2.91. The molecule has 0 aliphatic carbocycles. The number of hydrogen-bond acceptors (Lipinski definition) is 5. The summed E-state index contributed by atoms with van der Waals surface area (Å²) < 4.78 is 0. The third-order valence-electron chi connectivity index (χ3n) is 1.67. The summed E-state index contributed by atoms with van der Waals surface area (Å²) in [4.78, 5) is 20.2. The van der Waals surface area contributed by atoms with E-state index >= 15 is 0 Å². The minimum absolute atomic E-state index is 0.219. The Morgan fingerprint density at radius 3 is 2.53 bits per heavy atom. The van der Waals surface area contributed by atoms with Gasteiger partial charge in [-0.15, -0.1) is 0 Å². The highest BCUT2D eigenvalue weighted by molar-refractivity contribution is 5.74. The SMILES string of the molecule is N=C(N)NCC(CC(N)C(=O)O)[N+](=O)[O-]. The Hall–Kier alpha value is -1.90. The molecule has 9 nitrogen and oxygen atoms in total. The maximum absolute atomic E-state index is 10.5. The topological polar surface area (TPSA) is 168 Å². The zero-order valence-electron chi connectivity index (χ0n) is 7.84. The summed E-state index contributed by atoms with van der Waals surface area (Å²) in [5, 5.41) is 28.0. The number of nitro groups is 1. The van der Waals surface area contributed by atoms with Crippen LogP contribution in [0.3, 0.4) is 0 Å². The van der Waals surface area contributed by atoms with Crippen molar-refractivity contribution in [2.75, 3.05) is 6.54 Å². The zero-order chi connectivity index (χ0) is 12.0. The van der Waals surface area contributed by atoms with Gasteiger partial charge < -0.3 is 21.9 Å². The van der Waals surface area contributed by atoms with E-state index in [-0.39, 0.29) is 13.0 Å². The average Bonchev–Trinajstić information content (AvgIpc) is 2.10. The molecule has 15 heavy (non-hydrogen) atoms. The fourth-order valence-electron chi connectivity index (χ4n) is 0.866. The number of nitrogens with one attached hydrogen (secondary N) is 2. The van der Waals surface area contributed by atoms with Crippen molar-refractivity contribution in [2.45, 2.75) is 18.5 Å². The first-order chi connectivity index (χ1) is 6.84. The van der Waals surface area contributed by atoms with Crippen LogP contribution in [-0.4, -0.2) is 40.6 Å². The normalized spacial score (nSPS) is 13.9. The van der Waals surface area contributed by atoms with Crippen LogP contribution < -0.4 is 16.8 Å². The van der Waals surface area contributed by atoms with Gasteiger partial charge in [0.2, 0.25) is 6.04 Å². The first-order valence-electron chi connectivity index (χ1n) is 4.04. The van der Waals surface area contributed by atoms with E-state index in [9.17, 15) is 14.9 Å². The summed E-state index contributed by atoms with van der Waals surface area (Å²) in [6.45, 7) is -0.219. The van der Waals surface area contributed by atoms with Crippen molar-refractivity contribution in [3.8, 4) is 0 Å². The van der Waals surface area contributed by atoms with Gasteiger partial charge in [-0.05, 0) is 0 Å². The van der Waals surface area contributed by atoms with Gasteiger partial charge in [-0.25, -0.2) is 0 Å². The van der Waals surface area contributed by atoms with Crippen molar-refractivity contribution in [1.29, 1.82) is 5.41 Å². The number of rotatable bonds is 6. The summed E-state index contributed by atoms with van der Waals surface area (Å²) >= 11 is 0. The molecule has 86 valence electrons. The Balaban J connectivity index is 4.22. The van der Waals surface area contributed by atoms with Crippen LogP contribution in [-0.2, 0) is 4.79 Å². The van der Waals surface area contributed by atoms with Crippen molar-refractivity contribution in [3.63, 3.8) is 0 Å². The summed E-state index contributed by atoms with van der Waals surface area (Å²) in [7, 11) is 0. The van der Waals surface area contributed by atoms with Crippen LogP contribution in [0, 0.1) is 15.5 Å². The number of carbonyl (C=O) groups is 1. The molecule has 0 rings (SSSR count). The van der Waals surface area contributed by atoms with Gasteiger partial charge in [0.25, 0.3) is 0 Å². The Kier molecular flexibility index (Phi) is 5.02. The predicted molar refractivity (Wildman–Crippen MR) is 50.9 cm³/mol. The summed E-state index contributed by atoms with van der Waals surface area (Å²) in [5.74, 6) is -1.71. The van der Waals surface area contributed by atoms with E-state index in [1.54, 1.807) is 0 Å². The van der Waals surface area contributed by atoms with Crippen molar-refractivity contribution in [1.82, 2.24) is 5.32 Å². The quantitative estimate of drug-likeness (QED) is 0.148. The Bertz CT molecular complexity index is 268. The Labute approximate surface area is 85.1 Å². The zero-order valence-corrected chi connectivity index (χ0v) is 7.84. The number of nitrogens with two attached hydrogens (primary N) is 2. The lowest BCUT2D eigenvalue weighted by Gasteiger charge is -2.12. The van der Waals surface area contributed by atoms with Crippen LogP contribution >= 0.6 is 0 Å². The van der Waals surface area contributed by atoms with Crippen molar-refractivity contribution in [2.24, 2.45) is 11.5 Å². The smallest absolute Gasteiger partial charge is 0.320 e. The molecule has 0 heterocycles. The minimum Gasteiger partial charge on any atom is -0.480 e. The largest absolute Gasteiger partial charge is 0.480 e. The van der Waals surface area contributed by atoms with Gasteiger partial charge in [0.05, 0.1) is 6.54 Å². The second kappa shape index (κ2) is 5.75. The minimum atomic E-state index is -1.30. The molecule has 2 atom stereocenters. The number of carboxylic acid groups (broad SMARTS) is 1. The van der Waals surface area contributed by atoms with Gasteiger partial charge >= 0.3 is 5.97 Å². The van der Waals surface area contributed by atoms with Crippen LogP contribution in [0.4, 0.5) is 0 Å². The van der Waals surface area contributed by atoms with E-state index in [1.807, 2.05) is 0 Å². The number of guanidine groups is 1. The van der Waals surface area contributed by atoms with Crippen molar-refractivity contribution < 1.29 is 14.8 Å². The highest BCUT2D eigenvalue weighted by atomic mass is 16.6. The van der Waals surface area contributed by atoms with E-state index in [4.69, 9.17) is 22.0 Å². The van der Waals surface area contributed by atoms with Gasteiger partial charge in [0.15, 0.2) is 5.96 Å². The lowest BCUT2D eigenvalue weighted by molar-refractivity contribution is -0.521. The van der Waals surface area contributed by atoms with Gasteiger partial charge in [-0.3, -0.25) is 20.3 Å². The molecule has 0 radical (unpaired) electrons. The molecule has 2 unspecified atom stereocenters. The molecule has 9 heteroatoms. The van der Waals surface area contributed by atoms with Crippen molar-refractivity contribution in [3.05, 3.63) is 10.1 Å². The molecule has 7 N–H and O–H groups in total. The predicted octanol–water partition coefficient (Wildman–Crippen LogP) is -2.08. The van der Waals surface area contributed by atoms with Gasteiger partial charge in [0.1, 0.15) is 6.04 Å². The number of hydrogen-bond donors (Lipinski definition) is 5. The third kappa shape index (κ3) is 5.41. The van der Waals surface area contributed by atoms with E-state index < -0.39 is 28.9 Å². The van der Waals surface area contributed by atoms with Crippen LogP contribution in [0.1, 0.15) is 6.42 Å². The highest BCUT2D eigenvalue weighted by Gasteiger charge is 2.26. The third-order valence-corrected chi connectivity index (χ3v) is 1.67. The molecule has 0 amide bonds. The van der Waals surface area contributed by atoms with Crippen LogP contribution in [0.15, 0.2) is 0 Å². The molecule has 0 aliphatic heterocycles. The van der Waals surface area contributed by atoms with E-state index in [1.165, 1.54) is 0 Å². The van der Waals surface area contributed by atoms with E-state index in [0.717, 1.165) is 0 Å². The fraction of sp³-hybridized carbons (Fsp3) is 0.667. The molecule has 0 bridgehead atoms. The van der Waals surface area contributed by atoms with Gasteiger partial charge in [-0.2, -0.15) is 0 Å². The molecule has 0 aromatic heterocycles. The Morgan fingerprint density at radius 1 is 1.67 bits per heavy atom. The van der Waals surface area contributed by atoms with Gasteiger partial charge in [-0.1, -0.05) is 0 Å². The molecular weight excluding hydrogens is 206 g/mol. The molecule has 0 saturated carbocycles. The number of carboxylic acids is 1. The first kappa shape index (κ1) is 13.1. The summed E-state index contributed by atoms with van der Waals surface area (Å²) in [6.07, 6.45) is -0.317. The number of nitrogens with zero attached hydrogens (tertiary/aromatic N) is 1. The molecule has 0 spiro atoms. The molecule has 0 aromatic rings. The van der Waals surface area contributed by atoms with Crippen molar-refractivity contribution >= 4 is 11.9 Å². The molecule has 0 fully saturated rings. The van der Waals surface area contributed by atoms with Crippen LogP contribution in [0.25, 0.3) is 0 Å². The molecule has 0 aliphatic rings.